The van der Waals surface area contributed by atoms with Crippen molar-refractivity contribution in [2.45, 2.75) is 32.5 Å². The molecule has 1 atom stereocenters. The van der Waals surface area contributed by atoms with Crippen molar-refractivity contribution >= 4 is 5.82 Å². The van der Waals surface area contributed by atoms with Gasteiger partial charge in [0.25, 0.3) is 0 Å². The Morgan fingerprint density at radius 1 is 1.47 bits per heavy atom. The molecule has 1 aromatic heterocycles. The number of hydrogen-bond acceptors (Lipinski definition) is 3. The van der Waals surface area contributed by atoms with E-state index in [0.717, 1.165) is 0 Å². The van der Waals surface area contributed by atoms with Gasteiger partial charge in [-0.1, -0.05) is 0 Å². The molecule has 0 radical (unpaired) electrons. The molecule has 0 bridgehead atoms. The first-order valence-electron chi connectivity index (χ1n) is 5.33. The van der Waals surface area contributed by atoms with Gasteiger partial charge >= 0.3 is 6.18 Å². The van der Waals surface area contributed by atoms with Gasteiger partial charge in [-0.15, -0.1) is 0 Å². The fraction of sp³-hybridized carbons (Fsp3) is 0.545. The van der Waals surface area contributed by atoms with Gasteiger partial charge in [0.2, 0.25) is 0 Å². The van der Waals surface area contributed by atoms with Crippen molar-refractivity contribution < 1.29 is 17.9 Å². The molecule has 0 aliphatic carbocycles. The Balaban J connectivity index is 2.67. The first-order valence-corrected chi connectivity index (χ1v) is 5.33. The minimum Gasteiger partial charge on any atom is -0.490 e. The van der Waals surface area contributed by atoms with Crippen molar-refractivity contribution in [3.63, 3.8) is 0 Å². The summed E-state index contributed by atoms with van der Waals surface area (Å²) < 4.78 is 41.8. The highest BCUT2D eigenvalue weighted by atomic mass is 19.4. The van der Waals surface area contributed by atoms with Crippen LogP contribution in [0.4, 0.5) is 19.0 Å². The van der Waals surface area contributed by atoms with E-state index in [1.165, 1.54) is 13.1 Å². The third kappa shape index (κ3) is 4.93. The fourth-order valence-electron chi connectivity index (χ4n) is 1.40. The van der Waals surface area contributed by atoms with Crippen molar-refractivity contribution in [3.8, 4) is 5.75 Å². The molecular weight excluding hydrogens is 233 g/mol. The fourth-order valence-corrected chi connectivity index (χ4v) is 1.40. The Morgan fingerprint density at radius 2 is 2.18 bits per heavy atom. The van der Waals surface area contributed by atoms with E-state index < -0.39 is 18.6 Å². The Labute approximate surface area is 98.0 Å². The Bertz CT molecular complexity index is 355. The van der Waals surface area contributed by atoms with Crippen LogP contribution in [0.3, 0.4) is 0 Å². The highest BCUT2D eigenvalue weighted by Gasteiger charge is 2.30. The lowest BCUT2D eigenvalue weighted by Crippen LogP contribution is -2.24. The van der Waals surface area contributed by atoms with Crippen LogP contribution >= 0.6 is 0 Å². The molecule has 0 aliphatic rings. The van der Waals surface area contributed by atoms with Crippen molar-refractivity contribution in [1.82, 2.24) is 4.98 Å². The molecule has 96 valence electrons. The van der Waals surface area contributed by atoms with Gasteiger partial charge in [0.05, 0.1) is 13.0 Å². The lowest BCUT2D eigenvalue weighted by molar-refractivity contribution is -0.136. The van der Waals surface area contributed by atoms with Crippen molar-refractivity contribution in [2.24, 2.45) is 0 Å². The standard InChI is InChI=1S/C11H15F3N2O/c1-3-17-9-5-4-6-15-10(9)16-8(2)7-11(12,13)14/h4-6,8H,3,7H2,1-2H3,(H,15,16). The van der Waals surface area contributed by atoms with Crippen LogP contribution in [0.25, 0.3) is 0 Å². The van der Waals surface area contributed by atoms with Crippen LogP contribution in [0.1, 0.15) is 20.3 Å². The highest BCUT2D eigenvalue weighted by Crippen LogP contribution is 2.26. The number of alkyl halides is 3. The minimum atomic E-state index is -4.19. The van der Waals surface area contributed by atoms with E-state index in [4.69, 9.17) is 4.74 Å². The van der Waals surface area contributed by atoms with Crippen LogP contribution < -0.4 is 10.1 Å². The molecule has 0 amide bonds. The number of anilines is 1. The maximum absolute atomic E-state index is 12.2. The predicted molar refractivity (Wildman–Crippen MR) is 59.2 cm³/mol. The van der Waals surface area contributed by atoms with Crippen molar-refractivity contribution in [1.29, 1.82) is 0 Å². The SMILES string of the molecule is CCOc1cccnc1NC(C)CC(F)(F)F. The van der Waals surface area contributed by atoms with E-state index >= 15 is 0 Å². The average Bonchev–Trinajstić information content (AvgIpc) is 2.18. The third-order valence-corrected chi connectivity index (χ3v) is 1.99. The van der Waals surface area contributed by atoms with Gasteiger partial charge in [0, 0.05) is 12.2 Å². The predicted octanol–water partition coefficient (Wildman–Crippen LogP) is 3.23. The summed E-state index contributed by atoms with van der Waals surface area (Å²) in [4.78, 5) is 3.96. The Morgan fingerprint density at radius 3 is 2.76 bits per heavy atom. The monoisotopic (exact) mass is 248 g/mol. The van der Waals surface area contributed by atoms with E-state index in [-0.39, 0.29) is 0 Å². The summed E-state index contributed by atoms with van der Waals surface area (Å²) in [5.74, 6) is 0.801. The van der Waals surface area contributed by atoms with Crippen molar-refractivity contribution in [2.75, 3.05) is 11.9 Å². The molecule has 1 unspecified atom stereocenters. The second-order valence-electron chi connectivity index (χ2n) is 3.65. The topological polar surface area (TPSA) is 34.1 Å². The zero-order chi connectivity index (χ0) is 12.9. The number of hydrogen-bond donors (Lipinski definition) is 1. The zero-order valence-corrected chi connectivity index (χ0v) is 9.71. The normalized spacial score (nSPS) is 13.2. The van der Waals surface area contributed by atoms with Crippen LogP contribution in [0.15, 0.2) is 18.3 Å². The zero-order valence-electron chi connectivity index (χ0n) is 9.71. The third-order valence-electron chi connectivity index (χ3n) is 1.99. The van der Waals surface area contributed by atoms with E-state index in [9.17, 15) is 13.2 Å². The number of rotatable bonds is 5. The quantitative estimate of drug-likeness (QED) is 0.868. The van der Waals surface area contributed by atoms with Crippen molar-refractivity contribution in [3.05, 3.63) is 18.3 Å². The average molecular weight is 248 g/mol. The summed E-state index contributed by atoms with van der Waals surface area (Å²) in [5, 5.41) is 2.70. The first-order chi connectivity index (χ1) is 7.92. The molecule has 1 N–H and O–H groups in total. The van der Waals surface area contributed by atoms with Gasteiger partial charge in [-0.25, -0.2) is 4.98 Å². The van der Waals surface area contributed by atoms with Gasteiger partial charge in [-0.3, -0.25) is 0 Å². The molecule has 0 aliphatic heterocycles. The molecule has 3 nitrogen and oxygen atoms in total. The van der Waals surface area contributed by atoms with Crippen LogP contribution in [0.5, 0.6) is 5.75 Å². The molecular formula is C11H15F3N2O. The molecule has 0 saturated heterocycles. The van der Waals surface area contributed by atoms with Crippen LogP contribution in [-0.4, -0.2) is 23.8 Å². The minimum absolute atomic E-state index is 0.339. The van der Waals surface area contributed by atoms with Gasteiger partial charge in [-0.2, -0.15) is 13.2 Å². The van der Waals surface area contributed by atoms with E-state index in [0.29, 0.717) is 18.2 Å². The molecule has 1 aromatic rings. The van der Waals surface area contributed by atoms with Crippen LogP contribution in [-0.2, 0) is 0 Å². The van der Waals surface area contributed by atoms with Gasteiger partial charge in [0.1, 0.15) is 0 Å². The summed E-state index contributed by atoms with van der Waals surface area (Å²) in [6.45, 7) is 3.70. The van der Waals surface area contributed by atoms with Gasteiger partial charge < -0.3 is 10.1 Å². The summed E-state index contributed by atoms with van der Waals surface area (Å²) >= 11 is 0. The van der Waals surface area contributed by atoms with Crippen LogP contribution in [0, 0.1) is 0 Å². The molecule has 0 fully saturated rings. The van der Waals surface area contributed by atoms with E-state index in [1.807, 2.05) is 0 Å². The number of ether oxygens (including phenoxy) is 1. The molecule has 0 spiro atoms. The summed E-state index contributed by atoms with van der Waals surface area (Å²) in [5.41, 5.74) is 0. The number of halogens is 3. The van der Waals surface area contributed by atoms with Gasteiger partial charge in [0.15, 0.2) is 11.6 Å². The number of pyridine rings is 1. The summed E-state index contributed by atoms with van der Waals surface area (Å²) in [7, 11) is 0. The smallest absolute Gasteiger partial charge is 0.391 e. The molecule has 17 heavy (non-hydrogen) atoms. The number of aromatic nitrogens is 1. The largest absolute Gasteiger partial charge is 0.490 e. The van der Waals surface area contributed by atoms with E-state index in [1.54, 1.807) is 19.1 Å². The maximum Gasteiger partial charge on any atom is 0.391 e. The second-order valence-corrected chi connectivity index (χ2v) is 3.65. The Kier molecular flexibility index (Phi) is 4.60. The number of nitrogens with one attached hydrogen (secondary N) is 1. The Hall–Kier alpha value is -1.46. The summed E-state index contributed by atoms with van der Waals surface area (Å²) in [6, 6.07) is 2.59. The van der Waals surface area contributed by atoms with E-state index in [2.05, 4.69) is 10.3 Å². The lowest BCUT2D eigenvalue weighted by atomic mass is 10.2. The molecule has 1 rings (SSSR count). The molecule has 6 heteroatoms. The van der Waals surface area contributed by atoms with Crippen LogP contribution in [0.2, 0.25) is 0 Å². The molecule has 1 heterocycles. The highest BCUT2D eigenvalue weighted by molar-refractivity contribution is 5.50. The summed E-state index contributed by atoms with van der Waals surface area (Å²) in [6.07, 6.45) is -3.59. The first kappa shape index (κ1) is 13.6. The number of nitrogens with zero attached hydrogens (tertiary/aromatic N) is 1. The maximum atomic E-state index is 12.2. The second kappa shape index (κ2) is 5.75. The molecule has 0 saturated carbocycles. The van der Waals surface area contributed by atoms with Gasteiger partial charge in [-0.05, 0) is 26.0 Å². The lowest BCUT2D eigenvalue weighted by Gasteiger charge is -2.18. The molecule has 0 aromatic carbocycles.